The Bertz CT molecular complexity index is 1340. The lowest BCUT2D eigenvalue weighted by Gasteiger charge is -2.26. The molecule has 0 saturated carbocycles. The van der Waals surface area contributed by atoms with E-state index in [2.05, 4.69) is 0 Å². The van der Waals surface area contributed by atoms with Crippen LogP contribution in [0.15, 0.2) is 66.2 Å². The van der Waals surface area contributed by atoms with E-state index in [1.54, 1.807) is 24.3 Å². The fourth-order valence-corrected chi connectivity index (χ4v) is 4.30. The molecule has 1 saturated heterocycles. The van der Waals surface area contributed by atoms with Gasteiger partial charge in [0.1, 0.15) is 23.1 Å². The number of ketones is 1. The zero-order valence-electron chi connectivity index (χ0n) is 19.3. The van der Waals surface area contributed by atoms with Crippen molar-refractivity contribution in [3.8, 4) is 11.5 Å². The van der Waals surface area contributed by atoms with E-state index < -0.39 is 29.3 Å². The van der Waals surface area contributed by atoms with E-state index in [4.69, 9.17) is 21.1 Å². The van der Waals surface area contributed by atoms with Crippen molar-refractivity contribution in [2.75, 3.05) is 19.1 Å². The number of carbonyl (C=O) groups excluding carboxylic acids is 2. The number of aryl methyl sites for hydroxylation is 1. The van der Waals surface area contributed by atoms with E-state index in [1.165, 1.54) is 37.3 Å². The normalized spacial score (nSPS) is 17.1. The lowest BCUT2D eigenvalue weighted by Crippen LogP contribution is -2.29. The van der Waals surface area contributed by atoms with Crippen molar-refractivity contribution in [1.82, 2.24) is 0 Å². The van der Waals surface area contributed by atoms with Crippen LogP contribution in [0.3, 0.4) is 0 Å². The van der Waals surface area contributed by atoms with Crippen molar-refractivity contribution in [1.29, 1.82) is 0 Å². The van der Waals surface area contributed by atoms with E-state index in [0.29, 0.717) is 17.1 Å². The second kappa shape index (κ2) is 9.80. The molecule has 0 aliphatic carbocycles. The van der Waals surface area contributed by atoms with Crippen LogP contribution < -0.4 is 14.4 Å². The second-order valence-electron chi connectivity index (χ2n) is 7.93. The number of rotatable bonds is 6. The lowest BCUT2D eigenvalue weighted by molar-refractivity contribution is -0.132. The number of amides is 1. The molecule has 8 heteroatoms. The highest BCUT2D eigenvalue weighted by Crippen LogP contribution is 2.44. The second-order valence-corrected chi connectivity index (χ2v) is 8.34. The number of hydrogen-bond acceptors (Lipinski definition) is 5. The smallest absolute Gasteiger partial charge is 0.300 e. The Morgan fingerprint density at radius 1 is 1.03 bits per heavy atom. The number of benzene rings is 3. The van der Waals surface area contributed by atoms with Crippen LogP contribution in [-0.2, 0) is 16.0 Å². The Hall–Kier alpha value is -3.84. The summed E-state index contributed by atoms with van der Waals surface area (Å²) in [6.45, 7) is 2.01. The topological polar surface area (TPSA) is 76.1 Å². The Morgan fingerprint density at radius 3 is 2.34 bits per heavy atom. The van der Waals surface area contributed by atoms with E-state index in [-0.39, 0.29) is 21.8 Å². The summed E-state index contributed by atoms with van der Waals surface area (Å²) in [5.41, 5.74) is 1.93. The first-order valence-corrected chi connectivity index (χ1v) is 11.3. The highest BCUT2D eigenvalue weighted by molar-refractivity contribution is 6.51. The Morgan fingerprint density at radius 2 is 1.74 bits per heavy atom. The molecule has 3 aromatic rings. The number of aliphatic hydroxyl groups excluding tert-OH is 1. The number of nitrogens with zero attached hydrogens (tertiary/aromatic N) is 1. The summed E-state index contributed by atoms with van der Waals surface area (Å²) in [7, 11) is 2.90. The number of ether oxygens (including phenoxy) is 2. The van der Waals surface area contributed by atoms with Gasteiger partial charge in [-0.1, -0.05) is 42.8 Å². The number of methoxy groups -OCH3 is 2. The standard InChI is InChI=1S/C27H23ClFNO5/c1-4-15-5-7-16(8-6-15)24-23(25(31)19-14-18(34-2)10-12-22(19)35-3)26(32)27(33)30(24)17-9-11-21(29)20(28)13-17/h5-14,24,31H,4H2,1-3H3/b25-23+. The average molecular weight is 496 g/mol. The zero-order valence-corrected chi connectivity index (χ0v) is 20.1. The molecule has 1 aliphatic heterocycles. The van der Waals surface area contributed by atoms with E-state index in [1.807, 2.05) is 19.1 Å². The van der Waals surface area contributed by atoms with Crippen LogP contribution in [0.5, 0.6) is 11.5 Å². The monoisotopic (exact) mass is 495 g/mol. The molecule has 0 aromatic heterocycles. The van der Waals surface area contributed by atoms with Gasteiger partial charge in [0.25, 0.3) is 11.7 Å². The first-order valence-electron chi connectivity index (χ1n) is 10.9. The molecule has 35 heavy (non-hydrogen) atoms. The minimum Gasteiger partial charge on any atom is -0.507 e. The third kappa shape index (κ3) is 4.35. The number of Topliss-reactive ketones (excluding diaryl/α,β-unsaturated/α-hetero) is 1. The Kier molecular flexibility index (Phi) is 6.80. The van der Waals surface area contributed by atoms with Crippen molar-refractivity contribution in [2.24, 2.45) is 0 Å². The van der Waals surface area contributed by atoms with Gasteiger partial charge in [-0.3, -0.25) is 14.5 Å². The quantitative estimate of drug-likeness (QED) is 0.270. The van der Waals surface area contributed by atoms with Crippen LogP contribution in [-0.4, -0.2) is 31.0 Å². The van der Waals surface area contributed by atoms with Crippen molar-refractivity contribution in [2.45, 2.75) is 19.4 Å². The molecule has 180 valence electrons. The highest BCUT2D eigenvalue weighted by atomic mass is 35.5. The minimum absolute atomic E-state index is 0.133. The SMILES string of the molecule is CCc1ccc(C2/C(=C(\O)c3cc(OC)ccc3OC)C(=O)C(=O)N2c2ccc(F)c(Cl)c2)cc1. The fraction of sp³-hybridized carbons (Fsp3) is 0.185. The molecule has 6 nitrogen and oxygen atoms in total. The van der Waals surface area contributed by atoms with Gasteiger partial charge in [-0.15, -0.1) is 0 Å². The predicted octanol–water partition coefficient (Wildman–Crippen LogP) is 5.69. The minimum atomic E-state index is -0.988. The van der Waals surface area contributed by atoms with Crippen LogP contribution in [0.1, 0.15) is 29.7 Å². The van der Waals surface area contributed by atoms with Crippen LogP contribution >= 0.6 is 11.6 Å². The maximum absolute atomic E-state index is 13.9. The van der Waals surface area contributed by atoms with E-state index in [9.17, 15) is 19.1 Å². The summed E-state index contributed by atoms with van der Waals surface area (Å²) < 4.78 is 24.5. The van der Waals surface area contributed by atoms with Gasteiger partial charge in [-0.2, -0.15) is 0 Å². The number of halogens is 2. The molecule has 0 spiro atoms. The summed E-state index contributed by atoms with van der Waals surface area (Å²) in [4.78, 5) is 27.8. The van der Waals surface area contributed by atoms with Crippen molar-refractivity contribution < 1.29 is 28.6 Å². The van der Waals surface area contributed by atoms with Gasteiger partial charge in [0.05, 0.1) is 36.4 Å². The number of aliphatic hydroxyl groups is 1. The number of hydrogen-bond donors (Lipinski definition) is 1. The van der Waals surface area contributed by atoms with Gasteiger partial charge < -0.3 is 14.6 Å². The highest BCUT2D eigenvalue weighted by Gasteiger charge is 2.47. The van der Waals surface area contributed by atoms with Gasteiger partial charge in [-0.05, 0) is 53.9 Å². The zero-order chi connectivity index (χ0) is 25.3. The Balaban J connectivity index is 1.98. The molecule has 3 aromatic carbocycles. The van der Waals surface area contributed by atoms with Gasteiger partial charge in [0.2, 0.25) is 0 Å². The van der Waals surface area contributed by atoms with Crippen LogP contribution in [0, 0.1) is 5.82 Å². The lowest BCUT2D eigenvalue weighted by atomic mass is 9.94. The summed E-state index contributed by atoms with van der Waals surface area (Å²) in [6.07, 6.45) is 0.801. The molecule has 0 bridgehead atoms. The molecule has 1 fully saturated rings. The summed E-state index contributed by atoms with van der Waals surface area (Å²) >= 11 is 5.99. The third-order valence-electron chi connectivity index (χ3n) is 5.99. The summed E-state index contributed by atoms with van der Waals surface area (Å²) in [6, 6.07) is 14.9. The third-order valence-corrected chi connectivity index (χ3v) is 6.28. The molecule has 4 rings (SSSR count). The van der Waals surface area contributed by atoms with Gasteiger partial charge >= 0.3 is 0 Å². The maximum Gasteiger partial charge on any atom is 0.300 e. The summed E-state index contributed by atoms with van der Waals surface area (Å²) in [5, 5.41) is 11.2. The fourth-order valence-electron chi connectivity index (χ4n) is 4.13. The molecule has 1 atom stereocenters. The van der Waals surface area contributed by atoms with Crippen LogP contribution in [0.4, 0.5) is 10.1 Å². The molecule has 1 N–H and O–H groups in total. The molecule has 1 heterocycles. The Labute approximate surface area is 207 Å². The first-order chi connectivity index (χ1) is 16.8. The molecule has 1 amide bonds. The molecule has 1 unspecified atom stereocenters. The van der Waals surface area contributed by atoms with Crippen LogP contribution in [0.25, 0.3) is 5.76 Å². The number of carbonyl (C=O) groups is 2. The molecule has 1 aliphatic rings. The molecule has 0 radical (unpaired) electrons. The molecular formula is C27H23ClFNO5. The van der Waals surface area contributed by atoms with Gasteiger partial charge in [0.15, 0.2) is 0 Å². The number of anilines is 1. The van der Waals surface area contributed by atoms with Gasteiger partial charge in [-0.25, -0.2) is 4.39 Å². The van der Waals surface area contributed by atoms with Crippen molar-refractivity contribution in [3.63, 3.8) is 0 Å². The van der Waals surface area contributed by atoms with E-state index in [0.717, 1.165) is 18.1 Å². The first kappa shape index (κ1) is 24.3. The largest absolute Gasteiger partial charge is 0.507 e. The maximum atomic E-state index is 13.9. The van der Waals surface area contributed by atoms with Crippen LogP contribution in [0.2, 0.25) is 5.02 Å². The predicted molar refractivity (Wildman–Crippen MR) is 132 cm³/mol. The van der Waals surface area contributed by atoms with E-state index >= 15 is 0 Å². The average Bonchev–Trinajstić information content (AvgIpc) is 3.15. The van der Waals surface area contributed by atoms with Crippen molar-refractivity contribution in [3.05, 3.63) is 93.8 Å². The molecular weight excluding hydrogens is 473 g/mol. The van der Waals surface area contributed by atoms with Crippen molar-refractivity contribution >= 4 is 34.7 Å². The summed E-state index contributed by atoms with van der Waals surface area (Å²) in [5.74, 6) is -2.12. The van der Waals surface area contributed by atoms with Gasteiger partial charge in [0, 0.05) is 5.69 Å².